The molecule has 0 bridgehead atoms. The molecule has 1 aromatic carbocycles. The minimum Gasteiger partial charge on any atom is -0.371 e. The Morgan fingerprint density at radius 2 is 2.24 bits per heavy atom. The van der Waals surface area contributed by atoms with Crippen molar-refractivity contribution in [3.63, 3.8) is 0 Å². The van der Waals surface area contributed by atoms with E-state index in [9.17, 15) is 4.21 Å². The van der Waals surface area contributed by atoms with E-state index in [4.69, 9.17) is 0 Å². The summed E-state index contributed by atoms with van der Waals surface area (Å²) in [6.45, 7) is 2.95. The van der Waals surface area contributed by atoms with E-state index in [2.05, 4.69) is 46.3 Å². The van der Waals surface area contributed by atoms with Crippen molar-refractivity contribution in [1.29, 1.82) is 0 Å². The van der Waals surface area contributed by atoms with Crippen molar-refractivity contribution in [2.24, 2.45) is 10.4 Å². The standard InChI is InChI=1S/C17H20N2OS/c20-21-10-7-17(13-21)6-9-19(12-17)15-4-1-3-14(11-15)16-5-2-8-18-16/h1-5,11H,6-10,12-13H2. The normalized spacial score (nSPS) is 31.3. The second kappa shape index (κ2) is 5.09. The highest BCUT2D eigenvalue weighted by molar-refractivity contribution is 7.85. The molecule has 21 heavy (non-hydrogen) atoms. The van der Waals surface area contributed by atoms with Gasteiger partial charge < -0.3 is 4.90 Å². The van der Waals surface area contributed by atoms with E-state index in [0.29, 0.717) is 5.41 Å². The summed E-state index contributed by atoms with van der Waals surface area (Å²) in [7, 11) is -0.585. The fourth-order valence-electron chi connectivity index (χ4n) is 3.71. The highest BCUT2D eigenvalue weighted by Crippen LogP contribution is 2.41. The van der Waals surface area contributed by atoms with Gasteiger partial charge in [0.2, 0.25) is 0 Å². The molecule has 110 valence electrons. The second-order valence-electron chi connectivity index (χ2n) is 6.39. The van der Waals surface area contributed by atoms with Gasteiger partial charge in [0, 0.05) is 52.1 Å². The maximum atomic E-state index is 11.7. The van der Waals surface area contributed by atoms with Crippen molar-refractivity contribution in [3.8, 4) is 0 Å². The van der Waals surface area contributed by atoms with Crippen molar-refractivity contribution < 1.29 is 4.21 Å². The molecule has 2 saturated heterocycles. The third-order valence-corrected chi connectivity index (χ3v) is 6.51. The predicted molar refractivity (Wildman–Crippen MR) is 88.7 cm³/mol. The number of hydrogen-bond donors (Lipinski definition) is 0. The Labute approximate surface area is 128 Å². The predicted octanol–water partition coefficient (Wildman–Crippen LogP) is 2.39. The Morgan fingerprint density at radius 3 is 3.00 bits per heavy atom. The summed E-state index contributed by atoms with van der Waals surface area (Å²) in [4.78, 5) is 6.96. The molecule has 3 aliphatic rings. The summed E-state index contributed by atoms with van der Waals surface area (Å²) < 4.78 is 11.7. The van der Waals surface area contributed by atoms with Gasteiger partial charge in [0.25, 0.3) is 0 Å². The average molecular weight is 300 g/mol. The first-order chi connectivity index (χ1) is 10.2. The molecule has 1 aromatic rings. The van der Waals surface area contributed by atoms with Crippen LogP contribution in [-0.2, 0) is 10.8 Å². The smallest absolute Gasteiger partial charge is 0.0648 e. The van der Waals surface area contributed by atoms with Crippen LogP contribution in [0.25, 0.3) is 0 Å². The molecule has 4 rings (SSSR count). The zero-order valence-corrected chi connectivity index (χ0v) is 12.9. The number of aliphatic imine (C=N–C) groups is 1. The molecule has 3 nitrogen and oxygen atoms in total. The summed E-state index contributed by atoms with van der Waals surface area (Å²) in [5, 5.41) is 0. The van der Waals surface area contributed by atoms with Crippen LogP contribution in [0.4, 0.5) is 5.69 Å². The molecule has 2 fully saturated rings. The number of allylic oxidation sites excluding steroid dienone is 1. The van der Waals surface area contributed by atoms with Crippen molar-refractivity contribution in [3.05, 3.63) is 42.0 Å². The molecule has 0 amide bonds. The maximum absolute atomic E-state index is 11.7. The number of anilines is 1. The monoisotopic (exact) mass is 300 g/mol. The Hall–Kier alpha value is -1.42. The molecule has 4 heteroatoms. The molecule has 1 spiro atoms. The van der Waals surface area contributed by atoms with E-state index in [1.54, 1.807) is 0 Å². The molecule has 3 aliphatic heterocycles. The van der Waals surface area contributed by atoms with Crippen molar-refractivity contribution >= 4 is 22.2 Å². The first kappa shape index (κ1) is 13.3. The summed E-state index contributed by atoms with van der Waals surface area (Å²) in [6, 6.07) is 8.69. The van der Waals surface area contributed by atoms with Gasteiger partial charge >= 0.3 is 0 Å². The topological polar surface area (TPSA) is 32.7 Å². The highest BCUT2D eigenvalue weighted by Gasteiger charge is 2.43. The van der Waals surface area contributed by atoms with Gasteiger partial charge in [-0.25, -0.2) is 0 Å². The zero-order valence-electron chi connectivity index (χ0n) is 12.1. The van der Waals surface area contributed by atoms with Gasteiger partial charge in [-0.3, -0.25) is 9.20 Å². The average Bonchev–Trinajstić information content (AvgIpc) is 3.22. The third kappa shape index (κ3) is 2.46. The third-order valence-electron chi connectivity index (χ3n) is 4.92. The van der Waals surface area contributed by atoms with Gasteiger partial charge in [0.05, 0.1) is 12.3 Å². The van der Waals surface area contributed by atoms with E-state index < -0.39 is 10.8 Å². The Bertz CT molecular complexity index is 652. The fourth-order valence-corrected chi connectivity index (χ4v) is 5.58. The van der Waals surface area contributed by atoms with Crippen molar-refractivity contribution in [2.45, 2.75) is 12.8 Å². The molecule has 2 atom stereocenters. The second-order valence-corrected chi connectivity index (χ2v) is 7.97. The zero-order chi connectivity index (χ0) is 14.3. The van der Waals surface area contributed by atoms with E-state index >= 15 is 0 Å². The maximum Gasteiger partial charge on any atom is 0.0648 e. The number of benzene rings is 1. The summed E-state index contributed by atoms with van der Waals surface area (Å²) in [5.74, 6) is 1.80. The SMILES string of the molecule is O=S1CCC2(CCN(c3cccc(C4=NCC=C4)c3)C2)C1. The highest BCUT2D eigenvalue weighted by atomic mass is 32.2. The Kier molecular flexibility index (Phi) is 3.21. The molecular formula is C17H20N2OS. The van der Waals surface area contributed by atoms with Crippen molar-refractivity contribution in [2.75, 3.05) is 36.0 Å². The van der Waals surface area contributed by atoms with Gasteiger partial charge in [-0.2, -0.15) is 0 Å². The van der Waals surface area contributed by atoms with Crippen LogP contribution in [0.1, 0.15) is 18.4 Å². The number of rotatable bonds is 2. The summed E-state index contributed by atoms with van der Waals surface area (Å²) in [6.07, 6.45) is 6.51. The number of nitrogens with zero attached hydrogens (tertiary/aromatic N) is 2. The molecule has 2 unspecified atom stereocenters. The minimum absolute atomic E-state index is 0.311. The van der Waals surface area contributed by atoms with E-state index in [0.717, 1.165) is 43.3 Å². The lowest BCUT2D eigenvalue weighted by Crippen LogP contribution is -2.27. The molecule has 3 heterocycles. The van der Waals surface area contributed by atoms with Crippen LogP contribution in [0, 0.1) is 5.41 Å². The molecule has 0 aromatic heterocycles. The molecular weight excluding hydrogens is 280 g/mol. The summed E-state index contributed by atoms with van der Waals surface area (Å²) >= 11 is 0. The van der Waals surface area contributed by atoms with Crippen LogP contribution in [0.15, 0.2) is 41.4 Å². The van der Waals surface area contributed by atoms with Gasteiger partial charge in [-0.05, 0) is 31.1 Å². The lowest BCUT2D eigenvalue weighted by atomic mass is 9.87. The molecule has 0 aliphatic carbocycles. The van der Waals surface area contributed by atoms with E-state index in [1.165, 1.54) is 17.7 Å². The first-order valence-corrected chi connectivity index (χ1v) is 9.14. The van der Waals surface area contributed by atoms with Crippen LogP contribution < -0.4 is 4.90 Å². The van der Waals surface area contributed by atoms with Crippen LogP contribution in [0.5, 0.6) is 0 Å². The van der Waals surface area contributed by atoms with E-state index in [-0.39, 0.29) is 0 Å². The van der Waals surface area contributed by atoms with E-state index in [1.807, 2.05) is 0 Å². The van der Waals surface area contributed by atoms with Gasteiger partial charge in [0.15, 0.2) is 0 Å². The fraction of sp³-hybridized carbons (Fsp3) is 0.471. The largest absolute Gasteiger partial charge is 0.371 e. The van der Waals surface area contributed by atoms with Gasteiger partial charge in [-0.15, -0.1) is 0 Å². The number of hydrogen-bond acceptors (Lipinski definition) is 3. The summed E-state index contributed by atoms with van der Waals surface area (Å²) in [5.41, 5.74) is 3.89. The van der Waals surface area contributed by atoms with Crippen LogP contribution in [-0.4, -0.2) is 41.1 Å². The minimum atomic E-state index is -0.585. The van der Waals surface area contributed by atoms with Crippen LogP contribution in [0.3, 0.4) is 0 Å². The van der Waals surface area contributed by atoms with Crippen LogP contribution >= 0.6 is 0 Å². The van der Waals surface area contributed by atoms with Gasteiger partial charge in [0.1, 0.15) is 0 Å². The Morgan fingerprint density at radius 1 is 1.29 bits per heavy atom. The van der Waals surface area contributed by atoms with Crippen molar-refractivity contribution in [1.82, 2.24) is 0 Å². The Balaban J connectivity index is 1.56. The van der Waals surface area contributed by atoms with Crippen LogP contribution in [0.2, 0.25) is 0 Å². The molecule has 0 N–H and O–H groups in total. The lowest BCUT2D eigenvalue weighted by Gasteiger charge is -2.24. The molecule has 0 radical (unpaired) electrons. The van der Waals surface area contributed by atoms with Gasteiger partial charge in [-0.1, -0.05) is 18.2 Å². The lowest BCUT2D eigenvalue weighted by molar-refractivity contribution is 0.383. The quantitative estimate of drug-likeness (QED) is 0.840. The first-order valence-electron chi connectivity index (χ1n) is 7.66. The molecule has 0 saturated carbocycles.